The molecule has 0 aromatic carbocycles. The lowest BCUT2D eigenvalue weighted by Crippen LogP contribution is -2.25. The van der Waals surface area contributed by atoms with Crippen LogP contribution in [-0.2, 0) is 6.54 Å². The molecule has 0 spiro atoms. The summed E-state index contributed by atoms with van der Waals surface area (Å²) in [4.78, 5) is 11.5. The van der Waals surface area contributed by atoms with Gasteiger partial charge in [-0.1, -0.05) is 48.7 Å². The van der Waals surface area contributed by atoms with Crippen LogP contribution < -0.4 is 5.56 Å². The van der Waals surface area contributed by atoms with Gasteiger partial charge >= 0.3 is 0 Å². The summed E-state index contributed by atoms with van der Waals surface area (Å²) in [5.74, 6) is 0.286. The number of aromatic nitrogens is 2. The van der Waals surface area contributed by atoms with Crippen molar-refractivity contribution in [2.75, 3.05) is 0 Å². The summed E-state index contributed by atoms with van der Waals surface area (Å²) in [5, 5.41) is 3.81. The van der Waals surface area contributed by atoms with Crippen LogP contribution in [0.4, 0.5) is 0 Å². The zero-order valence-corrected chi connectivity index (χ0v) is 9.99. The van der Waals surface area contributed by atoms with Gasteiger partial charge in [0.15, 0.2) is 5.15 Å². The second kappa shape index (κ2) is 4.51. The molecule has 6 heteroatoms. The normalized spacial score (nSPS) is 11.0. The van der Waals surface area contributed by atoms with Gasteiger partial charge in [0, 0.05) is 6.54 Å². The SMILES string of the molecule is CC(C)Cn1nc(Cl)c(Cl)c(Cl)c1=O. The van der Waals surface area contributed by atoms with Crippen molar-refractivity contribution in [3.63, 3.8) is 0 Å². The Balaban J connectivity index is 3.27. The fourth-order valence-corrected chi connectivity index (χ4v) is 1.50. The molecule has 0 saturated carbocycles. The average molecular weight is 256 g/mol. The molecule has 0 bridgehead atoms. The van der Waals surface area contributed by atoms with Crippen molar-refractivity contribution in [2.45, 2.75) is 20.4 Å². The third kappa shape index (κ3) is 2.41. The van der Waals surface area contributed by atoms with Crippen LogP contribution in [0, 0.1) is 5.92 Å². The molecule has 0 aliphatic rings. The van der Waals surface area contributed by atoms with Gasteiger partial charge in [-0.3, -0.25) is 4.79 Å². The van der Waals surface area contributed by atoms with E-state index < -0.39 is 5.56 Å². The van der Waals surface area contributed by atoms with E-state index in [0.29, 0.717) is 6.54 Å². The van der Waals surface area contributed by atoms with Crippen molar-refractivity contribution in [3.05, 3.63) is 25.6 Å². The van der Waals surface area contributed by atoms with Gasteiger partial charge in [-0.05, 0) is 5.92 Å². The molecule has 0 radical (unpaired) electrons. The number of halogens is 3. The van der Waals surface area contributed by atoms with Gasteiger partial charge in [0.2, 0.25) is 0 Å². The van der Waals surface area contributed by atoms with Crippen molar-refractivity contribution < 1.29 is 0 Å². The topological polar surface area (TPSA) is 34.9 Å². The summed E-state index contributed by atoms with van der Waals surface area (Å²) >= 11 is 17.0. The van der Waals surface area contributed by atoms with E-state index in [1.807, 2.05) is 13.8 Å². The number of hydrogen-bond donors (Lipinski definition) is 0. The second-order valence-corrected chi connectivity index (χ2v) is 4.41. The Bertz CT molecular complexity index is 400. The highest BCUT2D eigenvalue weighted by Crippen LogP contribution is 2.24. The van der Waals surface area contributed by atoms with E-state index in [0.717, 1.165) is 0 Å². The fraction of sp³-hybridized carbons (Fsp3) is 0.500. The summed E-state index contributed by atoms with van der Waals surface area (Å²) in [6.07, 6.45) is 0. The minimum Gasteiger partial charge on any atom is -0.266 e. The monoisotopic (exact) mass is 254 g/mol. The van der Waals surface area contributed by atoms with E-state index in [-0.39, 0.29) is 21.1 Å². The number of hydrogen-bond acceptors (Lipinski definition) is 2. The molecule has 14 heavy (non-hydrogen) atoms. The van der Waals surface area contributed by atoms with Crippen molar-refractivity contribution in [2.24, 2.45) is 5.92 Å². The molecule has 1 rings (SSSR count). The average Bonchev–Trinajstić information content (AvgIpc) is 2.10. The Morgan fingerprint density at radius 1 is 1.29 bits per heavy atom. The van der Waals surface area contributed by atoms with E-state index in [2.05, 4.69) is 5.10 Å². The first kappa shape index (κ1) is 11.8. The van der Waals surface area contributed by atoms with E-state index in [1.54, 1.807) is 0 Å². The van der Waals surface area contributed by atoms with Crippen LogP contribution in [0.25, 0.3) is 0 Å². The van der Waals surface area contributed by atoms with Gasteiger partial charge in [0.25, 0.3) is 5.56 Å². The number of nitrogens with zero attached hydrogens (tertiary/aromatic N) is 2. The zero-order chi connectivity index (χ0) is 10.9. The summed E-state index contributed by atoms with van der Waals surface area (Å²) in [5.41, 5.74) is -0.408. The predicted octanol–water partition coefficient (Wildman–Crippen LogP) is 2.86. The summed E-state index contributed by atoms with van der Waals surface area (Å²) in [7, 11) is 0. The molecule has 0 aliphatic carbocycles. The first-order valence-electron chi connectivity index (χ1n) is 4.05. The Morgan fingerprint density at radius 2 is 1.86 bits per heavy atom. The largest absolute Gasteiger partial charge is 0.287 e. The highest BCUT2D eigenvalue weighted by molar-refractivity contribution is 6.47. The molecule has 0 saturated heterocycles. The van der Waals surface area contributed by atoms with Gasteiger partial charge in [-0.25, -0.2) is 4.68 Å². The van der Waals surface area contributed by atoms with Crippen molar-refractivity contribution in [1.82, 2.24) is 9.78 Å². The summed E-state index contributed by atoms with van der Waals surface area (Å²) < 4.78 is 1.22. The molecule has 1 aromatic rings. The molecular weight excluding hydrogens is 246 g/mol. The Labute approximate surface area is 96.6 Å². The molecule has 78 valence electrons. The maximum atomic E-state index is 11.5. The Morgan fingerprint density at radius 3 is 2.36 bits per heavy atom. The molecule has 0 unspecified atom stereocenters. The van der Waals surface area contributed by atoms with Crippen molar-refractivity contribution >= 4 is 34.8 Å². The van der Waals surface area contributed by atoms with E-state index in [9.17, 15) is 4.79 Å². The summed E-state index contributed by atoms with van der Waals surface area (Å²) in [6, 6.07) is 0. The third-order valence-electron chi connectivity index (χ3n) is 1.54. The van der Waals surface area contributed by atoms with Crippen molar-refractivity contribution in [1.29, 1.82) is 0 Å². The van der Waals surface area contributed by atoms with E-state index in [4.69, 9.17) is 34.8 Å². The maximum absolute atomic E-state index is 11.5. The molecule has 0 atom stereocenters. The Kier molecular flexibility index (Phi) is 3.81. The molecule has 1 aromatic heterocycles. The van der Waals surface area contributed by atoms with Crippen LogP contribution in [-0.4, -0.2) is 9.78 Å². The number of rotatable bonds is 2. The molecule has 1 heterocycles. The second-order valence-electron chi connectivity index (χ2n) is 3.30. The van der Waals surface area contributed by atoms with E-state index >= 15 is 0 Å². The smallest absolute Gasteiger partial charge is 0.266 e. The predicted molar refractivity (Wildman–Crippen MR) is 58.4 cm³/mol. The van der Waals surface area contributed by atoms with Gasteiger partial charge in [0.05, 0.1) is 0 Å². The van der Waals surface area contributed by atoms with Crippen molar-refractivity contribution in [3.8, 4) is 0 Å². The van der Waals surface area contributed by atoms with Crippen LogP contribution in [0.15, 0.2) is 4.79 Å². The lowest BCUT2D eigenvalue weighted by atomic mass is 10.2. The highest BCUT2D eigenvalue weighted by Gasteiger charge is 2.13. The van der Waals surface area contributed by atoms with Crippen LogP contribution in [0.3, 0.4) is 0 Å². The van der Waals surface area contributed by atoms with Gasteiger partial charge in [0.1, 0.15) is 10.0 Å². The van der Waals surface area contributed by atoms with Crippen LogP contribution in [0.5, 0.6) is 0 Å². The molecule has 0 N–H and O–H groups in total. The minimum absolute atomic E-state index is 0.0124. The van der Waals surface area contributed by atoms with Gasteiger partial charge in [-0.15, -0.1) is 0 Å². The molecule has 0 fully saturated rings. The molecule has 0 aliphatic heterocycles. The van der Waals surface area contributed by atoms with Gasteiger partial charge < -0.3 is 0 Å². The molecule has 3 nitrogen and oxygen atoms in total. The maximum Gasteiger partial charge on any atom is 0.287 e. The first-order chi connectivity index (χ1) is 6.43. The molecular formula is C8H9Cl3N2O. The standard InChI is InChI=1S/C8H9Cl3N2O/c1-4(2)3-13-8(14)6(10)5(9)7(11)12-13/h4H,3H2,1-2H3. The van der Waals surface area contributed by atoms with Crippen LogP contribution >= 0.6 is 34.8 Å². The highest BCUT2D eigenvalue weighted by atomic mass is 35.5. The Hall–Kier alpha value is -0.250. The quantitative estimate of drug-likeness (QED) is 0.814. The molecule has 0 amide bonds. The minimum atomic E-state index is -0.408. The summed E-state index contributed by atoms with van der Waals surface area (Å²) in [6.45, 7) is 4.39. The first-order valence-corrected chi connectivity index (χ1v) is 5.18. The zero-order valence-electron chi connectivity index (χ0n) is 7.72. The lowest BCUT2D eigenvalue weighted by Gasteiger charge is -2.08. The van der Waals surface area contributed by atoms with Crippen LogP contribution in [0.2, 0.25) is 15.2 Å². The van der Waals surface area contributed by atoms with E-state index in [1.165, 1.54) is 4.68 Å². The fourth-order valence-electron chi connectivity index (χ4n) is 0.963. The lowest BCUT2D eigenvalue weighted by molar-refractivity contribution is 0.464. The third-order valence-corrected chi connectivity index (χ3v) is 2.72. The van der Waals surface area contributed by atoms with Gasteiger partial charge in [-0.2, -0.15) is 5.10 Å². The van der Waals surface area contributed by atoms with Crippen LogP contribution in [0.1, 0.15) is 13.8 Å².